The Kier molecular flexibility index (Phi) is 10.9. The Bertz CT molecular complexity index is 3090. The first-order valence-electron chi connectivity index (χ1n) is 22.4. The zero-order valence-electron chi connectivity index (χ0n) is 36.3. The molecule has 66 heavy (non-hydrogen) atoms. The Hall–Kier alpha value is -8.86. The molecule has 0 aliphatic carbocycles. The maximum atomic E-state index is 2.36. The minimum absolute atomic E-state index is 1.06. The number of nitrogens with zero attached hydrogens (tertiary/aromatic N) is 4. The summed E-state index contributed by atoms with van der Waals surface area (Å²) >= 11 is 0. The van der Waals surface area contributed by atoms with Crippen molar-refractivity contribution in [2.24, 2.45) is 0 Å². The summed E-state index contributed by atoms with van der Waals surface area (Å²) in [6.07, 6.45) is 0. The van der Waals surface area contributed by atoms with Gasteiger partial charge in [-0.2, -0.15) is 0 Å². The minimum Gasteiger partial charge on any atom is -0.311 e. The predicted octanol–water partition coefficient (Wildman–Crippen LogP) is 17.9. The Morgan fingerprint density at radius 3 is 0.561 bits per heavy atom. The summed E-state index contributed by atoms with van der Waals surface area (Å²) in [7, 11) is 0. The Morgan fingerprint density at radius 2 is 0.333 bits per heavy atom. The second-order valence-electron chi connectivity index (χ2n) is 16.3. The van der Waals surface area contributed by atoms with Crippen LogP contribution in [0.4, 0.5) is 68.2 Å². The fourth-order valence-corrected chi connectivity index (χ4v) is 9.08. The van der Waals surface area contributed by atoms with Gasteiger partial charge in [0.2, 0.25) is 0 Å². The van der Waals surface area contributed by atoms with Gasteiger partial charge in [-0.15, -0.1) is 0 Å². The van der Waals surface area contributed by atoms with E-state index in [9.17, 15) is 0 Å². The maximum Gasteiger partial charge on any atom is 0.0468 e. The van der Waals surface area contributed by atoms with Gasteiger partial charge in [0.05, 0.1) is 0 Å². The van der Waals surface area contributed by atoms with E-state index in [0.29, 0.717) is 0 Å². The van der Waals surface area contributed by atoms with E-state index in [-0.39, 0.29) is 0 Å². The van der Waals surface area contributed by atoms with E-state index in [1.165, 1.54) is 21.5 Å². The van der Waals surface area contributed by atoms with Crippen LogP contribution in [0.1, 0.15) is 0 Å². The summed E-state index contributed by atoms with van der Waals surface area (Å²) in [5, 5.41) is 4.79. The highest BCUT2D eigenvalue weighted by Crippen LogP contribution is 2.43. The second kappa shape index (κ2) is 18.1. The lowest BCUT2D eigenvalue weighted by molar-refractivity contribution is 1.25. The van der Waals surface area contributed by atoms with Crippen LogP contribution in [0.5, 0.6) is 0 Å². The molecule has 11 aromatic rings. The topological polar surface area (TPSA) is 13.0 Å². The summed E-state index contributed by atoms with van der Waals surface area (Å²) in [5.41, 5.74) is 13.1. The SMILES string of the molecule is c1ccc(N(c2ccccc2)c2ccc(N(c3ccc(N(c4ccccc4)c4ccccc4)cc3)c3ccc4c(ccc5cc(N(c6ccccc6)c6ccccc6)ccc54)c3)cc2)cc1. The lowest BCUT2D eigenvalue weighted by Gasteiger charge is -2.29. The van der Waals surface area contributed by atoms with Gasteiger partial charge < -0.3 is 19.6 Å². The molecule has 0 saturated heterocycles. The lowest BCUT2D eigenvalue weighted by Crippen LogP contribution is -2.13. The third-order valence-electron chi connectivity index (χ3n) is 12.1. The van der Waals surface area contributed by atoms with Gasteiger partial charge in [-0.1, -0.05) is 133 Å². The van der Waals surface area contributed by atoms with Gasteiger partial charge in [0.1, 0.15) is 0 Å². The highest BCUT2D eigenvalue weighted by atomic mass is 15.2. The Morgan fingerprint density at radius 1 is 0.152 bits per heavy atom. The van der Waals surface area contributed by atoms with Crippen LogP contribution >= 0.6 is 0 Å². The lowest BCUT2D eigenvalue weighted by atomic mass is 10.00. The van der Waals surface area contributed by atoms with Crippen LogP contribution in [-0.2, 0) is 0 Å². The zero-order chi connectivity index (χ0) is 44.1. The average Bonchev–Trinajstić information content (AvgIpc) is 3.39. The summed E-state index contributed by atoms with van der Waals surface area (Å²) in [5.74, 6) is 0. The molecule has 0 atom stereocenters. The van der Waals surface area contributed by atoms with Gasteiger partial charge in [-0.25, -0.2) is 0 Å². The molecule has 0 aromatic heterocycles. The molecule has 0 radical (unpaired) electrons. The van der Waals surface area contributed by atoms with Crippen molar-refractivity contribution in [3.8, 4) is 0 Å². The number of rotatable bonds is 12. The smallest absolute Gasteiger partial charge is 0.0468 e. The third-order valence-corrected chi connectivity index (χ3v) is 12.1. The van der Waals surface area contributed by atoms with Gasteiger partial charge in [-0.05, 0) is 167 Å². The van der Waals surface area contributed by atoms with Crippen LogP contribution in [0.25, 0.3) is 21.5 Å². The fourth-order valence-electron chi connectivity index (χ4n) is 9.08. The summed E-state index contributed by atoms with van der Waals surface area (Å²) in [4.78, 5) is 9.29. The van der Waals surface area contributed by atoms with E-state index in [2.05, 4.69) is 299 Å². The number of fused-ring (bicyclic) bond motifs is 3. The molecule has 0 saturated carbocycles. The van der Waals surface area contributed by atoms with Crippen molar-refractivity contribution in [3.05, 3.63) is 279 Å². The number of benzene rings is 11. The first-order chi connectivity index (χ1) is 32.7. The van der Waals surface area contributed by atoms with Crippen molar-refractivity contribution in [1.82, 2.24) is 0 Å². The monoisotopic (exact) mass is 846 g/mol. The van der Waals surface area contributed by atoms with E-state index < -0.39 is 0 Å². The van der Waals surface area contributed by atoms with Crippen molar-refractivity contribution in [2.75, 3.05) is 19.6 Å². The van der Waals surface area contributed by atoms with Crippen molar-refractivity contribution in [3.63, 3.8) is 0 Å². The van der Waals surface area contributed by atoms with E-state index in [1.807, 2.05) is 0 Å². The van der Waals surface area contributed by atoms with Crippen LogP contribution in [0, 0.1) is 0 Å². The Balaban J connectivity index is 1.00. The zero-order valence-corrected chi connectivity index (χ0v) is 36.3. The van der Waals surface area contributed by atoms with Gasteiger partial charge in [0.15, 0.2) is 0 Å². The van der Waals surface area contributed by atoms with Crippen molar-refractivity contribution in [1.29, 1.82) is 0 Å². The van der Waals surface area contributed by atoms with Gasteiger partial charge >= 0.3 is 0 Å². The van der Waals surface area contributed by atoms with E-state index in [0.717, 1.165) is 68.2 Å². The van der Waals surface area contributed by atoms with Crippen LogP contribution in [0.2, 0.25) is 0 Å². The molecule has 0 unspecified atom stereocenters. The molecule has 4 nitrogen and oxygen atoms in total. The summed E-state index contributed by atoms with van der Waals surface area (Å²) < 4.78 is 0. The standard InChI is InChI=1S/C62H46N4/c1-7-19-49(20-8-1)63(50-21-9-2-10-22-50)55-33-37-57(38-34-55)66(58-39-35-56(36-40-58)64(51-23-11-3-12-24-51)52-25-13-4-14-26-52)60-42-44-62-48(46-60)32-31-47-45-59(41-43-61(47)62)65(53-27-15-5-16-28-53)54-29-17-6-18-30-54/h1-46H. The molecular formula is C62H46N4. The largest absolute Gasteiger partial charge is 0.311 e. The normalized spacial score (nSPS) is 11.0. The van der Waals surface area contributed by atoms with Crippen LogP contribution < -0.4 is 19.6 Å². The summed E-state index contributed by atoms with van der Waals surface area (Å²) in [6, 6.07) is 99.5. The van der Waals surface area contributed by atoms with Crippen molar-refractivity contribution in [2.45, 2.75) is 0 Å². The molecule has 0 N–H and O–H groups in total. The van der Waals surface area contributed by atoms with Crippen LogP contribution in [-0.4, -0.2) is 0 Å². The van der Waals surface area contributed by atoms with Crippen molar-refractivity contribution < 1.29 is 0 Å². The molecule has 0 heterocycles. The molecule has 0 aliphatic heterocycles. The van der Waals surface area contributed by atoms with E-state index in [1.54, 1.807) is 0 Å². The second-order valence-corrected chi connectivity index (χ2v) is 16.3. The van der Waals surface area contributed by atoms with E-state index >= 15 is 0 Å². The molecule has 0 amide bonds. The number of hydrogen-bond acceptors (Lipinski definition) is 4. The first kappa shape index (κ1) is 40.0. The van der Waals surface area contributed by atoms with Crippen LogP contribution in [0.3, 0.4) is 0 Å². The third kappa shape index (κ3) is 8.00. The van der Waals surface area contributed by atoms with Gasteiger partial charge in [0, 0.05) is 68.2 Å². The molecular weight excluding hydrogens is 801 g/mol. The number of para-hydroxylation sites is 6. The molecule has 4 heteroatoms. The molecule has 0 aliphatic rings. The predicted molar refractivity (Wildman–Crippen MR) is 280 cm³/mol. The highest BCUT2D eigenvalue weighted by Gasteiger charge is 2.19. The highest BCUT2D eigenvalue weighted by molar-refractivity contribution is 6.10. The fraction of sp³-hybridized carbons (Fsp3) is 0. The minimum atomic E-state index is 1.06. The Labute approximate surface area is 386 Å². The maximum absolute atomic E-state index is 2.36. The van der Waals surface area contributed by atoms with Gasteiger partial charge in [0.25, 0.3) is 0 Å². The molecule has 314 valence electrons. The summed E-state index contributed by atoms with van der Waals surface area (Å²) in [6.45, 7) is 0. The molecule has 0 spiro atoms. The van der Waals surface area contributed by atoms with E-state index in [4.69, 9.17) is 0 Å². The number of hydrogen-bond donors (Lipinski definition) is 0. The number of anilines is 12. The van der Waals surface area contributed by atoms with Gasteiger partial charge in [-0.3, -0.25) is 0 Å². The molecule has 0 fully saturated rings. The average molecular weight is 847 g/mol. The molecule has 0 bridgehead atoms. The molecule has 11 aromatic carbocycles. The quantitative estimate of drug-likeness (QED) is 0.114. The molecule has 11 rings (SSSR count). The van der Waals surface area contributed by atoms with Crippen LogP contribution in [0.15, 0.2) is 279 Å². The van der Waals surface area contributed by atoms with Crippen molar-refractivity contribution >= 4 is 89.8 Å². The first-order valence-corrected chi connectivity index (χ1v) is 22.4.